The van der Waals surface area contributed by atoms with E-state index in [0.29, 0.717) is 6.04 Å². The number of carbonyl (C=O) groups is 1. The first-order valence-electron chi connectivity index (χ1n) is 6.47. The van der Waals surface area contributed by atoms with E-state index in [2.05, 4.69) is 57.4 Å². The van der Waals surface area contributed by atoms with Gasteiger partial charge in [-0.15, -0.1) is 0 Å². The Kier molecular flexibility index (Phi) is 5.25. The molecule has 1 atom stereocenters. The van der Waals surface area contributed by atoms with Gasteiger partial charge in [0.05, 0.1) is 5.56 Å². The number of halogens is 2. The standard InChI is InChI=1S/C14H18BrIN2O/c1-3-11-9-18(7-6-17(11)2)14(19)12-8-10(15)4-5-13(12)16/h4-5,8,11H,3,6-7,9H2,1-2H3. The molecular formula is C14H18BrIN2O. The minimum atomic E-state index is 0.150. The third-order valence-corrected chi connectivity index (χ3v) is 5.13. The summed E-state index contributed by atoms with van der Waals surface area (Å²) in [6, 6.07) is 6.34. The van der Waals surface area contributed by atoms with Crippen LogP contribution < -0.4 is 0 Å². The molecule has 104 valence electrons. The van der Waals surface area contributed by atoms with Gasteiger partial charge in [-0.05, 0) is 54.3 Å². The van der Waals surface area contributed by atoms with Gasteiger partial charge >= 0.3 is 0 Å². The molecule has 1 aromatic carbocycles. The fraction of sp³-hybridized carbons (Fsp3) is 0.500. The summed E-state index contributed by atoms with van der Waals surface area (Å²) in [7, 11) is 2.14. The highest BCUT2D eigenvalue weighted by Gasteiger charge is 2.27. The van der Waals surface area contributed by atoms with E-state index in [9.17, 15) is 4.79 Å². The fourth-order valence-corrected chi connectivity index (χ4v) is 3.33. The van der Waals surface area contributed by atoms with E-state index >= 15 is 0 Å². The predicted octanol–water partition coefficient (Wildman–Crippen LogP) is 3.22. The highest BCUT2D eigenvalue weighted by molar-refractivity contribution is 14.1. The minimum absolute atomic E-state index is 0.150. The van der Waals surface area contributed by atoms with Crippen LogP contribution in [0.25, 0.3) is 0 Å². The molecule has 1 amide bonds. The van der Waals surface area contributed by atoms with Crippen molar-refractivity contribution in [2.24, 2.45) is 0 Å². The lowest BCUT2D eigenvalue weighted by Crippen LogP contribution is -2.53. The molecule has 0 aliphatic carbocycles. The van der Waals surface area contributed by atoms with Gasteiger partial charge in [-0.2, -0.15) is 0 Å². The molecule has 1 unspecified atom stereocenters. The third-order valence-electron chi connectivity index (χ3n) is 3.69. The van der Waals surface area contributed by atoms with E-state index in [4.69, 9.17) is 0 Å². The molecule has 0 aromatic heterocycles. The molecule has 0 radical (unpaired) electrons. The monoisotopic (exact) mass is 436 g/mol. The van der Waals surface area contributed by atoms with Crippen LogP contribution in [0.15, 0.2) is 22.7 Å². The fourth-order valence-electron chi connectivity index (χ4n) is 2.40. The summed E-state index contributed by atoms with van der Waals surface area (Å²) < 4.78 is 1.97. The molecule has 1 saturated heterocycles. The van der Waals surface area contributed by atoms with Crippen LogP contribution in [0.2, 0.25) is 0 Å². The smallest absolute Gasteiger partial charge is 0.255 e. The summed E-state index contributed by atoms with van der Waals surface area (Å²) in [6.07, 6.45) is 1.08. The van der Waals surface area contributed by atoms with Crippen molar-refractivity contribution in [3.63, 3.8) is 0 Å². The molecule has 1 heterocycles. The maximum Gasteiger partial charge on any atom is 0.255 e. The minimum Gasteiger partial charge on any atom is -0.336 e. The van der Waals surface area contributed by atoms with Gasteiger partial charge in [0.2, 0.25) is 0 Å². The van der Waals surface area contributed by atoms with E-state index in [1.165, 1.54) is 0 Å². The second-order valence-electron chi connectivity index (χ2n) is 4.92. The SMILES string of the molecule is CCC1CN(C(=O)c2cc(Br)ccc2I)CCN1C. The first-order valence-corrected chi connectivity index (χ1v) is 8.34. The molecule has 1 fully saturated rings. The van der Waals surface area contributed by atoms with Crippen LogP contribution in [-0.2, 0) is 0 Å². The third kappa shape index (κ3) is 3.49. The number of hydrogen-bond donors (Lipinski definition) is 0. The van der Waals surface area contributed by atoms with Gasteiger partial charge in [0.15, 0.2) is 0 Å². The number of piperazine rings is 1. The van der Waals surface area contributed by atoms with Crippen LogP contribution >= 0.6 is 38.5 Å². The van der Waals surface area contributed by atoms with Gasteiger partial charge in [-0.1, -0.05) is 22.9 Å². The number of hydrogen-bond acceptors (Lipinski definition) is 2. The predicted molar refractivity (Wildman–Crippen MR) is 89.5 cm³/mol. The van der Waals surface area contributed by atoms with Crippen molar-refractivity contribution < 1.29 is 4.79 Å². The average molecular weight is 437 g/mol. The van der Waals surface area contributed by atoms with Crippen LogP contribution in [0.5, 0.6) is 0 Å². The maximum atomic E-state index is 12.6. The van der Waals surface area contributed by atoms with Crippen LogP contribution in [-0.4, -0.2) is 48.4 Å². The number of carbonyl (C=O) groups excluding carboxylic acids is 1. The zero-order chi connectivity index (χ0) is 14.0. The Bertz CT molecular complexity index is 481. The lowest BCUT2D eigenvalue weighted by Gasteiger charge is -2.39. The second kappa shape index (κ2) is 6.54. The van der Waals surface area contributed by atoms with E-state index in [1.54, 1.807) is 0 Å². The zero-order valence-electron chi connectivity index (χ0n) is 11.2. The van der Waals surface area contributed by atoms with E-state index in [-0.39, 0.29) is 5.91 Å². The Morgan fingerprint density at radius 2 is 2.21 bits per heavy atom. The van der Waals surface area contributed by atoms with E-state index in [0.717, 1.165) is 39.7 Å². The first kappa shape index (κ1) is 15.3. The molecular weight excluding hydrogens is 419 g/mol. The molecule has 0 saturated carbocycles. The van der Waals surface area contributed by atoms with Crippen molar-refractivity contribution in [1.29, 1.82) is 0 Å². The normalized spacial score (nSPS) is 20.6. The Morgan fingerprint density at radius 3 is 2.89 bits per heavy atom. The Morgan fingerprint density at radius 1 is 1.47 bits per heavy atom. The van der Waals surface area contributed by atoms with Crippen molar-refractivity contribution in [2.75, 3.05) is 26.7 Å². The van der Waals surface area contributed by atoms with Crippen LogP contribution in [0.4, 0.5) is 0 Å². The lowest BCUT2D eigenvalue weighted by atomic mass is 10.1. The maximum absolute atomic E-state index is 12.6. The number of likely N-dealkylation sites (N-methyl/N-ethyl adjacent to an activating group) is 1. The van der Waals surface area contributed by atoms with Crippen molar-refractivity contribution in [2.45, 2.75) is 19.4 Å². The van der Waals surface area contributed by atoms with Gasteiger partial charge in [-0.3, -0.25) is 9.69 Å². The molecule has 0 spiro atoms. The van der Waals surface area contributed by atoms with Crippen LogP contribution in [0.1, 0.15) is 23.7 Å². The summed E-state index contributed by atoms with van der Waals surface area (Å²) in [5.74, 6) is 0.150. The summed E-state index contributed by atoms with van der Waals surface area (Å²) in [4.78, 5) is 16.9. The summed E-state index contributed by atoms with van der Waals surface area (Å²) >= 11 is 5.67. The molecule has 5 heteroatoms. The molecule has 0 N–H and O–H groups in total. The quantitative estimate of drug-likeness (QED) is 0.664. The van der Waals surface area contributed by atoms with Gasteiger partial charge in [0.1, 0.15) is 0 Å². The van der Waals surface area contributed by atoms with Gasteiger partial charge in [-0.25, -0.2) is 0 Å². The van der Waals surface area contributed by atoms with Crippen molar-refractivity contribution >= 4 is 44.4 Å². The molecule has 3 nitrogen and oxygen atoms in total. The molecule has 1 aliphatic heterocycles. The van der Waals surface area contributed by atoms with Crippen molar-refractivity contribution in [1.82, 2.24) is 9.80 Å². The Hall–Kier alpha value is -0.140. The summed E-state index contributed by atoms with van der Waals surface area (Å²) in [5, 5.41) is 0. The van der Waals surface area contributed by atoms with Crippen LogP contribution in [0.3, 0.4) is 0 Å². The lowest BCUT2D eigenvalue weighted by molar-refractivity contribution is 0.0541. The highest BCUT2D eigenvalue weighted by Crippen LogP contribution is 2.21. The summed E-state index contributed by atoms with van der Waals surface area (Å²) in [6.45, 7) is 4.77. The summed E-state index contributed by atoms with van der Waals surface area (Å²) in [5.41, 5.74) is 0.800. The first-order chi connectivity index (χ1) is 9.02. The number of benzene rings is 1. The number of rotatable bonds is 2. The second-order valence-corrected chi connectivity index (χ2v) is 7.00. The largest absolute Gasteiger partial charge is 0.336 e. The van der Waals surface area contributed by atoms with Gasteiger partial charge in [0.25, 0.3) is 5.91 Å². The molecule has 2 rings (SSSR count). The Balaban J connectivity index is 2.18. The average Bonchev–Trinajstić information content (AvgIpc) is 2.41. The number of amides is 1. The molecule has 0 bridgehead atoms. The Labute approximate surface area is 136 Å². The number of nitrogens with zero attached hydrogens (tertiary/aromatic N) is 2. The molecule has 1 aliphatic rings. The van der Waals surface area contributed by atoms with Crippen molar-refractivity contribution in [3.05, 3.63) is 31.8 Å². The van der Waals surface area contributed by atoms with E-state index < -0.39 is 0 Å². The zero-order valence-corrected chi connectivity index (χ0v) is 14.9. The molecule has 1 aromatic rings. The highest BCUT2D eigenvalue weighted by atomic mass is 127. The van der Waals surface area contributed by atoms with Gasteiger partial charge < -0.3 is 4.90 Å². The van der Waals surface area contributed by atoms with E-state index in [1.807, 2.05) is 23.1 Å². The van der Waals surface area contributed by atoms with Crippen LogP contribution in [0, 0.1) is 3.57 Å². The molecule has 19 heavy (non-hydrogen) atoms. The van der Waals surface area contributed by atoms with Crippen molar-refractivity contribution in [3.8, 4) is 0 Å². The van der Waals surface area contributed by atoms with Gasteiger partial charge in [0, 0.05) is 33.7 Å². The topological polar surface area (TPSA) is 23.6 Å².